The molecule has 3 fully saturated rings. The van der Waals surface area contributed by atoms with Crippen molar-refractivity contribution in [3.8, 4) is 0 Å². The Morgan fingerprint density at radius 2 is 1.58 bits per heavy atom. The average Bonchev–Trinajstić information content (AvgIpc) is 2.88. The molecule has 5 rings (SSSR count). The van der Waals surface area contributed by atoms with E-state index in [1.54, 1.807) is 0 Å². The lowest BCUT2D eigenvalue weighted by molar-refractivity contribution is -0.133. The minimum absolute atomic E-state index is 0. The highest BCUT2D eigenvalue weighted by atomic mass is 35.5. The quantitative estimate of drug-likeness (QED) is 0.573. The highest BCUT2D eigenvalue weighted by molar-refractivity contribution is 5.85. The molecule has 36 heavy (non-hydrogen) atoms. The summed E-state index contributed by atoms with van der Waals surface area (Å²) >= 11 is 0. The van der Waals surface area contributed by atoms with Gasteiger partial charge in [0.25, 0.3) is 0 Å². The number of piperazine rings is 1. The Kier molecular flexibility index (Phi) is 9.83. The standard InChI is InChI=1S/C30H42N4O.ClH/c1-24-10-12-26(13-11-24)20-32-14-16-34(17-15-32)30(35)9-5-8-29-28-18-27(19-31-29)22-33(23-28)21-25-6-3-2-4-7-25;/h2-4,6-7,10-13,27-29,31H,5,8-9,14-23H2,1H3;1H/t27-,28-,29+;/m0./s1. The van der Waals surface area contributed by atoms with Crippen LogP contribution in [-0.4, -0.2) is 72.5 Å². The molecule has 0 spiro atoms. The van der Waals surface area contributed by atoms with Gasteiger partial charge >= 0.3 is 0 Å². The van der Waals surface area contributed by atoms with Crippen LogP contribution in [0.25, 0.3) is 0 Å². The molecule has 3 atom stereocenters. The Hall–Kier alpha value is -1.92. The van der Waals surface area contributed by atoms with E-state index in [9.17, 15) is 4.79 Å². The molecule has 3 aliphatic rings. The summed E-state index contributed by atoms with van der Waals surface area (Å²) in [6.45, 7) is 11.4. The van der Waals surface area contributed by atoms with Crippen LogP contribution in [0.15, 0.2) is 54.6 Å². The van der Waals surface area contributed by atoms with E-state index in [0.29, 0.717) is 24.3 Å². The summed E-state index contributed by atoms with van der Waals surface area (Å²) < 4.78 is 0. The second-order valence-corrected chi connectivity index (χ2v) is 11.1. The zero-order valence-corrected chi connectivity index (χ0v) is 22.6. The maximum Gasteiger partial charge on any atom is 0.222 e. The first-order valence-corrected chi connectivity index (χ1v) is 13.7. The summed E-state index contributed by atoms with van der Waals surface area (Å²) in [5, 5.41) is 3.83. The third-order valence-corrected chi connectivity index (χ3v) is 8.29. The Bertz CT molecular complexity index is 945. The minimum Gasteiger partial charge on any atom is -0.340 e. The molecule has 2 aromatic carbocycles. The van der Waals surface area contributed by atoms with E-state index in [-0.39, 0.29) is 12.4 Å². The van der Waals surface area contributed by atoms with E-state index in [4.69, 9.17) is 0 Å². The molecule has 0 radical (unpaired) electrons. The zero-order valence-electron chi connectivity index (χ0n) is 21.8. The number of carbonyl (C=O) groups is 1. The van der Waals surface area contributed by atoms with Crippen molar-refractivity contribution >= 4 is 18.3 Å². The number of amides is 1. The molecule has 3 heterocycles. The summed E-state index contributed by atoms with van der Waals surface area (Å²) in [6, 6.07) is 20.3. The van der Waals surface area contributed by atoms with Crippen LogP contribution in [-0.2, 0) is 17.9 Å². The van der Waals surface area contributed by atoms with E-state index in [1.807, 2.05) is 0 Å². The predicted molar refractivity (Wildman–Crippen MR) is 149 cm³/mol. The molecular formula is C30H43ClN4O. The van der Waals surface area contributed by atoms with Crippen LogP contribution < -0.4 is 5.32 Å². The first kappa shape index (κ1) is 27.1. The average molecular weight is 511 g/mol. The van der Waals surface area contributed by atoms with Gasteiger partial charge in [-0.1, -0.05) is 60.2 Å². The zero-order chi connectivity index (χ0) is 24.0. The lowest BCUT2D eigenvalue weighted by Gasteiger charge is -2.46. The molecule has 196 valence electrons. The number of likely N-dealkylation sites (tertiary alicyclic amines) is 1. The normalized spacial score (nSPS) is 24.8. The number of halogens is 1. The van der Waals surface area contributed by atoms with Gasteiger partial charge in [-0.25, -0.2) is 0 Å². The maximum absolute atomic E-state index is 12.9. The first-order chi connectivity index (χ1) is 17.1. The molecule has 1 N–H and O–H groups in total. The van der Waals surface area contributed by atoms with Gasteiger partial charge < -0.3 is 10.2 Å². The van der Waals surface area contributed by atoms with Crippen LogP contribution in [0, 0.1) is 18.8 Å². The summed E-state index contributed by atoms with van der Waals surface area (Å²) in [5.74, 6) is 1.83. The smallest absolute Gasteiger partial charge is 0.222 e. The van der Waals surface area contributed by atoms with Crippen molar-refractivity contribution in [3.63, 3.8) is 0 Å². The fourth-order valence-corrected chi connectivity index (χ4v) is 6.32. The Morgan fingerprint density at radius 3 is 2.33 bits per heavy atom. The van der Waals surface area contributed by atoms with Gasteiger partial charge in [-0.05, 0) is 55.7 Å². The van der Waals surface area contributed by atoms with Gasteiger partial charge in [-0.2, -0.15) is 0 Å². The van der Waals surface area contributed by atoms with Gasteiger partial charge in [0.05, 0.1) is 0 Å². The first-order valence-electron chi connectivity index (χ1n) is 13.7. The van der Waals surface area contributed by atoms with Gasteiger partial charge in [-0.15, -0.1) is 12.4 Å². The molecule has 2 bridgehead atoms. The highest BCUT2D eigenvalue weighted by Gasteiger charge is 2.36. The second kappa shape index (κ2) is 13.0. The Balaban J connectivity index is 0.00000304. The van der Waals surface area contributed by atoms with Crippen molar-refractivity contribution < 1.29 is 4.79 Å². The van der Waals surface area contributed by atoms with Crippen molar-refractivity contribution in [2.75, 3.05) is 45.8 Å². The van der Waals surface area contributed by atoms with E-state index in [1.165, 1.54) is 36.2 Å². The molecule has 3 saturated heterocycles. The van der Waals surface area contributed by atoms with Crippen LogP contribution in [0.3, 0.4) is 0 Å². The molecule has 0 aliphatic carbocycles. The Labute approximate surface area is 223 Å². The highest BCUT2D eigenvalue weighted by Crippen LogP contribution is 2.31. The van der Waals surface area contributed by atoms with Crippen molar-refractivity contribution in [3.05, 3.63) is 71.3 Å². The number of piperidine rings is 2. The van der Waals surface area contributed by atoms with Gasteiger partial charge in [0, 0.05) is 64.8 Å². The number of benzene rings is 2. The number of hydrogen-bond acceptors (Lipinski definition) is 4. The van der Waals surface area contributed by atoms with E-state index in [2.05, 4.69) is 81.5 Å². The van der Waals surface area contributed by atoms with E-state index in [0.717, 1.165) is 64.6 Å². The number of rotatable bonds is 8. The molecule has 0 aromatic heterocycles. The summed E-state index contributed by atoms with van der Waals surface area (Å²) in [5.41, 5.74) is 4.09. The summed E-state index contributed by atoms with van der Waals surface area (Å²) in [4.78, 5) is 20.1. The molecule has 2 aromatic rings. The van der Waals surface area contributed by atoms with Gasteiger partial charge in [-0.3, -0.25) is 14.6 Å². The molecule has 0 unspecified atom stereocenters. The Morgan fingerprint density at radius 1 is 0.889 bits per heavy atom. The largest absolute Gasteiger partial charge is 0.340 e. The summed E-state index contributed by atoms with van der Waals surface area (Å²) in [7, 11) is 0. The molecule has 6 heteroatoms. The minimum atomic E-state index is 0. The van der Waals surface area contributed by atoms with Crippen molar-refractivity contribution in [1.82, 2.24) is 20.0 Å². The molecule has 0 saturated carbocycles. The predicted octanol–water partition coefficient (Wildman–Crippen LogP) is 4.34. The number of fused-ring (bicyclic) bond motifs is 2. The number of carbonyl (C=O) groups excluding carboxylic acids is 1. The van der Waals surface area contributed by atoms with E-state index >= 15 is 0 Å². The fourth-order valence-electron chi connectivity index (χ4n) is 6.32. The number of nitrogens with zero attached hydrogens (tertiary/aromatic N) is 3. The summed E-state index contributed by atoms with van der Waals surface area (Å²) in [6.07, 6.45) is 4.16. The van der Waals surface area contributed by atoms with Crippen molar-refractivity contribution in [2.24, 2.45) is 11.8 Å². The van der Waals surface area contributed by atoms with Crippen LogP contribution in [0.1, 0.15) is 42.4 Å². The lowest BCUT2D eigenvalue weighted by atomic mass is 9.79. The van der Waals surface area contributed by atoms with Crippen LogP contribution in [0.5, 0.6) is 0 Å². The lowest BCUT2D eigenvalue weighted by Crippen LogP contribution is -2.55. The van der Waals surface area contributed by atoms with Gasteiger partial charge in [0.1, 0.15) is 0 Å². The SMILES string of the molecule is Cc1ccc(CN2CCN(C(=O)CCC[C@H]3NC[C@@H]4C[C@H]3CN(Cc3ccccc3)C4)CC2)cc1.Cl. The van der Waals surface area contributed by atoms with Crippen LogP contribution in [0.2, 0.25) is 0 Å². The number of aryl methyl sites for hydroxylation is 1. The van der Waals surface area contributed by atoms with Gasteiger partial charge in [0.15, 0.2) is 0 Å². The third kappa shape index (κ3) is 7.32. The second-order valence-electron chi connectivity index (χ2n) is 11.1. The van der Waals surface area contributed by atoms with Crippen molar-refractivity contribution in [1.29, 1.82) is 0 Å². The molecule has 1 amide bonds. The third-order valence-electron chi connectivity index (χ3n) is 8.29. The fraction of sp³-hybridized carbons (Fsp3) is 0.567. The molecular weight excluding hydrogens is 468 g/mol. The monoisotopic (exact) mass is 510 g/mol. The number of nitrogens with one attached hydrogen (secondary N) is 1. The molecule has 5 nitrogen and oxygen atoms in total. The maximum atomic E-state index is 12.9. The topological polar surface area (TPSA) is 38.8 Å². The number of hydrogen-bond donors (Lipinski definition) is 1. The van der Waals surface area contributed by atoms with E-state index < -0.39 is 0 Å². The van der Waals surface area contributed by atoms with Crippen LogP contribution in [0.4, 0.5) is 0 Å². The van der Waals surface area contributed by atoms with Crippen molar-refractivity contribution in [2.45, 2.75) is 51.7 Å². The van der Waals surface area contributed by atoms with Crippen LogP contribution >= 0.6 is 12.4 Å². The molecule has 3 aliphatic heterocycles. The van der Waals surface area contributed by atoms with Gasteiger partial charge in [0.2, 0.25) is 5.91 Å².